The van der Waals surface area contributed by atoms with Crippen LogP contribution in [0.4, 0.5) is 11.4 Å². The van der Waals surface area contributed by atoms with Gasteiger partial charge in [-0.05, 0) is 24.1 Å². The van der Waals surface area contributed by atoms with Crippen molar-refractivity contribution in [1.82, 2.24) is 0 Å². The van der Waals surface area contributed by atoms with Crippen LogP contribution in [-0.4, -0.2) is 23.9 Å². The molecule has 2 aromatic rings. The van der Waals surface area contributed by atoms with E-state index >= 15 is 0 Å². The Morgan fingerprint density at radius 3 is 2.54 bits per heavy atom. The van der Waals surface area contributed by atoms with Crippen molar-refractivity contribution in [3.05, 3.63) is 84.1 Å². The van der Waals surface area contributed by atoms with Gasteiger partial charge in [0, 0.05) is 42.6 Å². The molecule has 2 nitrogen and oxygen atoms in total. The minimum atomic E-state index is 0. The zero-order chi connectivity index (χ0) is 15.5. The number of benzene rings is 2. The number of hydrogen-bond acceptors (Lipinski definition) is 1. The molecule has 0 aliphatic carbocycles. The van der Waals surface area contributed by atoms with E-state index in [2.05, 4.69) is 88.6 Å². The Morgan fingerprint density at radius 2 is 1.62 bits per heavy atom. The Kier molecular flexibility index (Phi) is 5.17. The van der Waals surface area contributed by atoms with Crippen LogP contribution >= 0.6 is 0 Å². The molecule has 0 N–H and O–H groups in total. The zero-order valence-electron chi connectivity index (χ0n) is 13.6. The molecule has 2 aliphatic heterocycles. The number of fused-ring (bicyclic) bond motifs is 2. The fourth-order valence-electron chi connectivity index (χ4n) is 3.41. The van der Waals surface area contributed by atoms with Crippen molar-refractivity contribution in [2.75, 3.05) is 18.0 Å². The maximum absolute atomic E-state index is 2.32. The van der Waals surface area contributed by atoms with Crippen molar-refractivity contribution in [2.45, 2.75) is 12.8 Å². The first kappa shape index (κ1) is 16.5. The van der Waals surface area contributed by atoms with Gasteiger partial charge in [-0.15, -0.1) is 0 Å². The molecule has 0 saturated carbocycles. The fourth-order valence-corrected chi connectivity index (χ4v) is 3.41. The Morgan fingerprint density at radius 1 is 0.833 bits per heavy atom. The number of halogens is 1. The second kappa shape index (κ2) is 7.50. The molecule has 0 aromatic heterocycles. The lowest BCUT2D eigenvalue weighted by atomic mass is 10.2. The monoisotopic (exact) mass is 336 g/mol. The van der Waals surface area contributed by atoms with Gasteiger partial charge in [0.05, 0.1) is 0 Å². The number of hydrogen-bond donors (Lipinski definition) is 0. The molecule has 2 heterocycles. The van der Waals surface area contributed by atoms with Gasteiger partial charge in [-0.1, -0.05) is 42.5 Å². The second-order valence-corrected chi connectivity index (χ2v) is 6.02. The third kappa shape index (κ3) is 3.29. The first-order valence-electron chi connectivity index (χ1n) is 8.29. The molecule has 0 saturated heterocycles. The van der Waals surface area contributed by atoms with Crippen LogP contribution in [0.5, 0.6) is 0 Å². The van der Waals surface area contributed by atoms with Crippen molar-refractivity contribution >= 4 is 17.6 Å². The van der Waals surface area contributed by atoms with Crippen LogP contribution in [-0.2, 0) is 12.8 Å². The molecule has 0 atom stereocenters. The number of para-hydroxylation sites is 2. The van der Waals surface area contributed by atoms with Crippen molar-refractivity contribution in [1.29, 1.82) is 0 Å². The quantitative estimate of drug-likeness (QED) is 0.601. The molecule has 2 aromatic carbocycles. The number of rotatable bonds is 3. The maximum atomic E-state index is 2.32. The number of allylic oxidation sites excluding steroid dienone is 3. The van der Waals surface area contributed by atoms with Gasteiger partial charge >= 0.3 is 0 Å². The zero-order valence-corrected chi connectivity index (χ0v) is 14.4. The Labute approximate surface area is 149 Å². The van der Waals surface area contributed by atoms with Crippen molar-refractivity contribution in [3.63, 3.8) is 0 Å². The average molecular weight is 337 g/mol. The summed E-state index contributed by atoms with van der Waals surface area (Å²) in [5, 5.41) is 0. The SMILES string of the molecule is C(=CC=[N+]1CCc2ccccc21)C=CN1CCc2ccccc21.[Cl-]. The van der Waals surface area contributed by atoms with Crippen molar-refractivity contribution in [2.24, 2.45) is 0 Å². The Bertz CT molecular complexity index is 805. The molecule has 3 heteroatoms. The molecule has 0 spiro atoms. The molecule has 0 fully saturated rings. The highest BCUT2D eigenvalue weighted by molar-refractivity contribution is 5.69. The predicted octanol–water partition coefficient (Wildman–Crippen LogP) is 1.09. The van der Waals surface area contributed by atoms with Gasteiger partial charge in [-0.3, -0.25) is 0 Å². The molecule has 0 amide bonds. The summed E-state index contributed by atoms with van der Waals surface area (Å²) in [6.45, 7) is 2.15. The van der Waals surface area contributed by atoms with E-state index in [-0.39, 0.29) is 12.4 Å². The van der Waals surface area contributed by atoms with Gasteiger partial charge in [0.25, 0.3) is 0 Å². The minimum Gasteiger partial charge on any atom is -1.00 e. The lowest BCUT2D eigenvalue weighted by Crippen LogP contribution is -3.00. The summed E-state index contributed by atoms with van der Waals surface area (Å²) < 4.78 is 2.32. The van der Waals surface area contributed by atoms with E-state index in [4.69, 9.17) is 0 Å². The van der Waals surface area contributed by atoms with Gasteiger partial charge in [-0.2, -0.15) is 4.58 Å². The second-order valence-electron chi connectivity index (χ2n) is 6.02. The third-order valence-electron chi connectivity index (χ3n) is 4.60. The van der Waals surface area contributed by atoms with E-state index < -0.39 is 0 Å². The van der Waals surface area contributed by atoms with E-state index in [1.54, 1.807) is 0 Å². The summed E-state index contributed by atoms with van der Waals surface area (Å²) in [5.41, 5.74) is 5.58. The van der Waals surface area contributed by atoms with Gasteiger partial charge in [0.2, 0.25) is 5.69 Å². The van der Waals surface area contributed by atoms with Gasteiger partial charge in [-0.25, -0.2) is 0 Å². The molecule has 0 bridgehead atoms. The standard InChI is InChI=1S/C21H21N2.ClH/c1(6-14-22-16-12-18-8-2-4-10-20(18)22)7-15-23-17-13-19-9-3-5-11-21(19)23;/h1-11,14-15H,12-13,16-17H2;1H/q+1;/p-1. The average Bonchev–Trinajstić information content (AvgIpc) is 3.19. The molecule has 2 aliphatic rings. The maximum Gasteiger partial charge on any atom is 0.208 e. The van der Waals surface area contributed by atoms with Crippen LogP contribution in [0.3, 0.4) is 0 Å². The summed E-state index contributed by atoms with van der Waals surface area (Å²) in [4.78, 5) is 2.32. The van der Waals surface area contributed by atoms with Crippen LogP contribution in [0.15, 0.2) is 73.0 Å². The summed E-state index contributed by atoms with van der Waals surface area (Å²) >= 11 is 0. The minimum absolute atomic E-state index is 0. The summed E-state index contributed by atoms with van der Waals surface area (Å²) in [7, 11) is 0. The van der Waals surface area contributed by atoms with Crippen LogP contribution in [0.25, 0.3) is 0 Å². The van der Waals surface area contributed by atoms with Gasteiger partial charge < -0.3 is 17.3 Å². The van der Waals surface area contributed by atoms with E-state index in [9.17, 15) is 0 Å². The topological polar surface area (TPSA) is 6.25 Å². The molecule has 122 valence electrons. The van der Waals surface area contributed by atoms with Gasteiger partial charge in [0.1, 0.15) is 0 Å². The molecule has 0 unspecified atom stereocenters. The highest BCUT2D eigenvalue weighted by atomic mass is 35.5. The lowest BCUT2D eigenvalue weighted by molar-refractivity contribution is -0.423. The molecular formula is C21H21ClN2. The number of anilines is 1. The summed E-state index contributed by atoms with van der Waals surface area (Å²) in [5.74, 6) is 0. The van der Waals surface area contributed by atoms with E-state index in [1.165, 1.54) is 22.5 Å². The number of nitrogens with zero attached hydrogens (tertiary/aromatic N) is 2. The molecule has 4 rings (SSSR count). The smallest absolute Gasteiger partial charge is 0.208 e. The Hall–Kier alpha value is -2.32. The van der Waals surface area contributed by atoms with E-state index in [0.29, 0.717) is 0 Å². The van der Waals surface area contributed by atoms with Crippen LogP contribution in [0, 0.1) is 0 Å². The summed E-state index contributed by atoms with van der Waals surface area (Å²) in [6, 6.07) is 17.3. The highest BCUT2D eigenvalue weighted by Gasteiger charge is 2.21. The van der Waals surface area contributed by atoms with E-state index in [0.717, 1.165) is 25.9 Å². The van der Waals surface area contributed by atoms with Crippen molar-refractivity contribution in [3.8, 4) is 0 Å². The van der Waals surface area contributed by atoms with Gasteiger partial charge in [0.15, 0.2) is 12.8 Å². The Balaban J connectivity index is 0.00000169. The normalized spacial score (nSPS) is 17.5. The predicted molar refractivity (Wildman–Crippen MR) is 96.8 cm³/mol. The highest BCUT2D eigenvalue weighted by Crippen LogP contribution is 2.27. The molecule has 24 heavy (non-hydrogen) atoms. The summed E-state index contributed by atoms with van der Waals surface area (Å²) in [6.07, 6.45) is 13.0. The first-order valence-corrected chi connectivity index (χ1v) is 8.29. The first-order chi connectivity index (χ1) is 11.4. The van der Waals surface area contributed by atoms with Crippen LogP contribution in [0.1, 0.15) is 11.1 Å². The lowest BCUT2D eigenvalue weighted by Gasteiger charge is -2.12. The van der Waals surface area contributed by atoms with E-state index in [1.807, 2.05) is 0 Å². The van der Waals surface area contributed by atoms with Crippen LogP contribution < -0.4 is 17.3 Å². The molecule has 0 radical (unpaired) electrons. The largest absolute Gasteiger partial charge is 1.00 e. The third-order valence-corrected chi connectivity index (χ3v) is 4.60. The van der Waals surface area contributed by atoms with Crippen molar-refractivity contribution < 1.29 is 17.0 Å². The molecular weight excluding hydrogens is 316 g/mol. The fraction of sp³-hybridized carbons (Fsp3) is 0.190. The van der Waals surface area contributed by atoms with Crippen LogP contribution in [0.2, 0.25) is 0 Å².